The molecule has 0 radical (unpaired) electrons. The summed E-state index contributed by atoms with van der Waals surface area (Å²) >= 11 is 5.73. The van der Waals surface area contributed by atoms with Crippen molar-refractivity contribution in [3.05, 3.63) is 29.9 Å². The molecule has 0 aliphatic carbocycles. The van der Waals surface area contributed by atoms with Gasteiger partial charge in [0.2, 0.25) is 0 Å². The molecule has 0 spiro atoms. The van der Waals surface area contributed by atoms with Crippen LogP contribution < -0.4 is 0 Å². The van der Waals surface area contributed by atoms with Gasteiger partial charge in [-0.2, -0.15) is 0 Å². The lowest BCUT2D eigenvalue weighted by Gasteiger charge is -1.91. The molecule has 2 rings (SSSR count). The van der Waals surface area contributed by atoms with Gasteiger partial charge in [-0.1, -0.05) is 0 Å². The van der Waals surface area contributed by atoms with Crippen LogP contribution in [0.25, 0.3) is 10.6 Å². The molecular formula is C8H6N2S2. The highest BCUT2D eigenvalue weighted by atomic mass is 32.1. The van der Waals surface area contributed by atoms with E-state index in [1.54, 1.807) is 23.7 Å². The first-order valence-electron chi connectivity index (χ1n) is 3.41. The van der Waals surface area contributed by atoms with Gasteiger partial charge in [0.05, 0.1) is 0 Å². The Morgan fingerprint density at radius 3 is 2.58 bits per heavy atom. The van der Waals surface area contributed by atoms with E-state index >= 15 is 0 Å². The summed E-state index contributed by atoms with van der Waals surface area (Å²) in [5.74, 6) is 0. The molecule has 2 aromatic heterocycles. The first-order chi connectivity index (χ1) is 5.86. The fourth-order valence-electron chi connectivity index (χ4n) is 0.892. The molecule has 0 atom stereocenters. The molecule has 0 saturated heterocycles. The van der Waals surface area contributed by atoms with Gasteiger partial charge in [-0.3, -0.25) is 4.98 Å². The number of hydrogen-bond acceptors (Lipinski definition) is 4. The van der Waals surface area contributed by atoms with E-state index in [2.05, 4.69) is 22.6 Å². The molecule has 0 bridgehead atoms. The normalized spacial score (nSPS) is 10.1. The van der Waals surface area contributed by atoms with Crippen molar-refractivity contribution in [1.29, 1.82) is 0 Å². The van der Waals surface area contributed by atoms with Gasteiger partial charge in [0.1, 0.15) is 10.0 Å². The Balaban J connectivity index is 2.45. The molecule has 2 heterocycles. The molecule has 0 aliphatic heterocycles. The average Bonchev–Trinajstić information content (AvgIpc) is 2.54. The van der Waals surface area contributed by atoms with E-state index in [1.165, 1.54) is 0 Å². The maximum Gasteiger partial charge on any atom is 0.124 e. The maximum atomic E-state index is 4.24. The standard InChI is InChI=1S/C8H6N2S2/c11-7-5-12-8(10-7)6-1-3-9-4-2-6/h1-5,11H. The van der Waals surface area contributed by atoms with Crippen molar-refractivity contribution in [3.8, 4) is 10.6 Å². The van der Waals surface area contributed by atoms with Gasteiger partial charge < -0.3 is 0 Å². The summed E-state index contributed by atoms with van der Waals surface area (Å²) in [6, 6.07) is 3.87. The third-order valence-corrected chi connectivity index (χ3v) is 2.71. The zero-order valence-corrected chi connectivity index (χ0v) is 7.85. The SMILES string of the molecule is Sc1csc(-c2ccncc2)n1. The van der Waals surface area contributed by atoms with Gasteiger partial charge in [-0.05, 0) is 12.1 Å². The van der Waals surface area contributed by atoms with Crippen LogP contribution in [0.1, 0.15) is 0 Å². The summed E-state index contributed by atoms with van der Waals surface area (Å²) in [5, 5.41) is 3.67. The molecule has 0 aromatic carbocycles. The van der Waals surface area contributed by atoms with E-state index in [0.29, 0.717) is 0 Å². The van der Waals surface area contributed by atoms with Crippen molar-refractivity contribution < 1.29 is 0 Å². The predicted molar refractivity (Wildman–Crippen MR) is 52.6 cm³/mol. The minimum absolute atomic E-state index is 0.770. The molecule has 0 N–H and O–H groups in total. The topological polar surface area (TPSA) is 25.8 Å². The van der Waals surface area contributed by atoms with Gasteiger partial charge in [0.25, 0.3) is 0 Å². The van der Waals surface area contributed by atoms with Crippen LogP contribution in [0, 0.1) is 0 Å². The van der Waals surface area contributed by atoms with E-state index in [9.17, 15) is 0 Å². The molecule has 4 heteroatoms. The zero-order chi connectivity index (χ0) is 8.39. The smallest absolute Gasteiger partial charge is 0.124 e. The number of rotatable bonds is 1. The summed E-state index contributed by atoms with van der Waals surface area (Å²) in [5.41, 5.74) is 1.09. The van der Waals surface area contributed by atoms with Crippen LogP contribution in [0.2, 0.25) is 0 Å². The number of aromatic nitrogens is 2. The molecule has 0 fully saturated rings. The summed E-state index contributed by atoms with van der Waals surface area (Å²) in [7, 11) is 0. The van der Waals surface area contributed by atoms with Gasteiger partial charge in [0.15, 0.2) is 0 Å². The summed E-state index contributed by atoms with van der Waals surface area (Å²) in [4.78, 5) is 8.17. The van der Waals surface area contributed by atoms with Crippen LogP contribution >= 0.6 is 24.0 Å². The minimum Gasteiger partial charge on any atom is -0.265 e. The maximum absolute atomic E-state index is 4.24. The largest absolute Gasteiger partial charge is 0.265 e. The third kappa shape index (κ3) is 1.49. The van der Waals surface area contributed by atoms with Crippen LogP contribution in [0.3, 0.4) is 0 Å². The Morgan fingerprint density at radius 2 is 2.00 bits per heavy atom. The third-order valence-electron chi connectivity index (χ3n) is 1.42. The molecular weight excluding hydrogens is 188 g/mol. The van der Waals surface area contributed by atoms with Crippen molar-refractivity contribution in [1.82, 2.24) is 9.97 Å². The van der Waals surface area contributed by atoms with Crippen molar-refractivity contribution >= 4 is 24.0 Å². The van der Waals surface area contributed by atoms with Crippen LogP contribution in [-0.4, -0.2) is 9.97 Å². The lowest BCUT2D eigenvalue weighted by molar-refractivity contribution is 1.21. The fourth-order valence-corrected chi connectivity index (χ4v) is 1.91. The highest BCUT2D eigenvalue weighted by molar-refractivity contribution is 7.80. The van der Waals surface area contributed by atoms with E-state index in [0.717, 1.165) is 15.6 Å². The van der Waals surface area contributed by atoms with E-state index < -0.39 is 0 Å². The van der Waals surface area contributed by atoms with Crippen LogP contribution in [0.15, 0.2) is 34.9 Å². The Hall–Kier alpha value is -0.870. The van der Waals surface area contributed by atoms with Gasteiger partial charge >= 0.3 is 0 Å². The van der Waals surface area contributed by atoms with Crippen molar-refractivity contribution in [3.63, 3.8) is 0 Å². The van der Waals surface area contributed by atoms with Gasteiger partial charge in [-0.25, -0.2) is 4.98 Å². The molecule has 0 amide bonds. The Morgan fingerprint density at radius 1 is 1.25 bits per heavy atom. The van der Waals surface area contributed by atoms with Crippen molar-refractivity contribution in [2.24, 2.45) is 0 Å². The second kappa shape index (κ2) is 3.25. The monoisotopic (exact) mass is 194 g/mol. The second-order valence-electron chi connectivity index (χ2n) is 2.25. The number of pyridine rings is 1. The van der Waals surface area contributed by atoms with Crippen molar-refractivity contribution in [2.45, 2.75) is 5.03 Å². The number of hydrogen-bond donors (Lipinski definition) is 1. The lowest BCUT2D eigenvalue weighted by atomic mass is 10.3. The van der Waals surface area contributed by atoms with E-state index in [1.807, 2.05) is 17.5 Å². The number of nitrogens with zero attached hydrogens (tertiary/aromatic N) is 2. The molecule has 2 aromatic rings. The highest BCUT2D eigenvalue weighted by Gasteiger charge is 2.00. The van der Waals surface area contributed by atoms with Crippen LogP contribution in [0.5, 0.6) is 0 Å². The van der Waals surface area contributed by atoms with Crippen LogP contribution in [-0.2, 0) is 0 Å². The quantitative estimate of drug-likeness (QED) is 0.706. The van der Waals surface area contributed by atoms with E-state index in [-0.39, 0.29) is 0 Å². The van der Waals surface area contributed by atoms with Gasteiger partial charge in [-0.15, -0.1) is 24.0 Å². The lowest BCUT2D eigenvalue weighted by Crippen LogP contribution is -1.75. The Labute approximate surface area is 79.7 Å². The molecule has 12 heavy (non-hydrogen) atoms. The number of thiazole rings is 1. The first kappa shape index (κ1) is 7.76. The van der Waals surface area contributed by atoms with Crippen LogP contribution in [0.4, 0.5) is 0 Å². The summed E-state index contributed by atoms with van der Waals surface area (Å²) in [6.45, 7) is 0. The number of thiol groups is 1. The molecule has 60 valence electrons. The Bertz CT molecular complexity index is 370. The molecule has 0 unspecified atom stereocenters. The van der Waals surface area contributed by atoms with Gasteiger partial charge in [0, 0.05) is 23.3 Å². The van der Waals surface area contributed by atoms with E-state index in [4.69, 9.17) is 0 Å². The molecule has 2 nitrogen and oxygen atoms in total. The predicted octanol–water partition coefficient (Wildman–Crippen LogP) is 2.49. The fraction of sp³-hybridized carbons (Fsp3) is 0. The average molecular weight is 194 g/mol. The Kier molecular flexibility index (Phi) is 2.10. The second-order valence-corrected chi connectivity index (χ2v) is 3.56. The summed E-state index contributed by atoms with van der Waals surface area (Å²) in [6.07, 6.45) is 3.52. The minimum atomic E-state index is 0.770. The highest BCUT2D eigenvalue weighted by Crippen LogP contribution is 2.23. The first-order valence-corrected chi connectivity index (χ1v) is 4.74. The van der Waals surface area contributed by atoms with Crippen molar-refractivity contribution in [2.75, 3.05) is 0 Å². The molecule has 0 saturated carbocycles. The molecule has 0 aliphatic rings. The summed E-state index contributed by atoms with van der Waals surface area (Å²) < 4.78 is 0. The zero-order valence-electron chi connectivity index (χ0n) is 6.14.